The second-order valence-electron chi connectivity index (χ2n) is 4.08. The highest BCUT2D eigenvalue weighted by molar-refractivity contribution is 7.11. The van der Waals surface area contributed by atoms with Crippen LogP contribution in [0.4, 0.5) is 0 Å². The van der Waals surface area contributed by atoms with Gasteiger partial charge in [0.2, 0.25) is 0 Å². The molecule has 1 aromatic heterocycles. The maximum atomic E-state index is 5.60. The molecule has 2 heterocycles. The molecule has 2 N–H and O–H groups in total. The van der Waals surface area contributed by atoms with Gasteiger partial charge in [-0.25, -0.2) is 4.98 Å². The topological polar surface area (TPSA) is 42.2 Å². The van der Waals surface area contributed by atoms with E-state index in [9.17, 15) is 0 Å². The van der Waals surface area contributed by atoms with E-state index < -0.39 is 0 Å². The minimum absolute atomic E-state index is 0.630. The van der Waals surface area contributed by atoms with Gasteiger partial charge >= 0.3 is 0 Å². The first-order valence-electron chi connectivity index (χ1n) is 5.70. The maximum absolute atomic E-state index is 5.60. The smallest absolute Gasteiger partial charge is 0.0960 e. The van der Waals surface area contributed by atoms with Crippen LogP contribution in [0.5, 0.6) is 0 Å². The molecule has 4 heteroatoms. The number of hydrogen-bond donors (Lipinski definition) is 1. The van der Waals surface area contributed by atoms with Gasteiger partial charge in [-0.3, -0.25) is 0 Å². The van der Waals surface area contributed by atoms with Gasteiger partial charge in [-0.15, -0.1) is 11.3 Å². The fourth-order valence-electron chi connectivity index (χ4n) is 2.10. The molecule has 1 aromatic rings. The van der Waals surface area contributed by atoms with E-state index in [-0.39, 0.29) is 0 Å². The molecule has 0 bridgehead atoms. The molecule has 0 saturated carbocycles. The third-order valence-electron chi connectivity index (χ3n) is 3.16. The summed E-state index contributed by atoms with van der Waals surface area (Å²) in [6, 6.07) is 0. The molecule has 0 radical (unpaired) electrons. The van der Waals surface area contributed by atoms with Gasteiger partial charge < -0.3 is 10.6 Å². The predicted octanol–water partition coefficient (Wildman–Crippen LogP) is 1.80. The summed E-state index contributed by atoms with van der Waals surface area (Å²) in [6.45, 7) is 6.48. The van der Waals surface area contributed by atoms with Crippen molar-refractivity contribution in [1.29, 1.82) is 0 Å². The van der Waals surface area contributed by atoms with Crippen LogP contribution < -0.4 is 5.73 Å². The van der Waals surface area contributed by atoms with Crippen molar-refractivity contribution in [3.05, 3.63) is 16.1 Å². The third kappa shape index (κ3) is 2.56. The molecule has 1 aliphatic rings. The molecule has 84 valence electrons. The Morgan fingerprint density at radius 1 is 1.53 bits per heavy atom. The number of likely N-dealkylation sites (tertiary alicyclic amines) is 1. The van der Waals surface area contributed by atoms with Crippen molar-refractivity contribution < 1.29 is 0 Å². The molecule has 0 spiro atoms. The standard InChI is InChI=1S/C11H19N3S/c1-2-14-5-3-9(4-6-14)11-13-8-10(7-12)15-11/h8-9H,2-7,12H2,1H3. The Morgan fingerprint density at radius 3 is 2.80 bits per heavy atom. The zero-order valence-corrected chi connectivity index (χ0v) is 10.1. The second kappa shape index (κ2) is 5.05. The van der Waals surface area contributed by atoms with Gasteiger partial charge in [0, 0.05) is 23.5 Å². The third-order valence-corrected chi connectivity index (χ3v) is 4.34. The largest absolute Gasteiger partial charge is 0.326 e. The molecule has 1 saturated heterocycles. The van der Waals surface area contributed by atoms with Crippen molar-refractivity contribution in [2.75, 3.05) is 19.6 Å². The molecule has 15 heavy (non-hydrogen) atoms. The predicted molar refractivity (Wildman–Crippen MR) is 64.1 cm³/mol. The van der Waals surface area contributed by atoms with Crippen LogP contribution in [-0.4, -0.2) is 29.5 Å². The molecule has 1 aliphatic heterocycles. The summed E-state index contributed by atoms with van der Waals surface area (Å²) in [5.41, 5.74) is 5.60. The van der Waals surface area contributed by atoms with E-state index in [1.807, 2.05) is 6.20 Å². The Kier molecular flexibility index (Phi) is 3.72. The Morgan fingerprint density at radius 2 is 2.27 bits per heavy atom. The quantitative estimate of drug-likeness (QED) is 0.853. The molecule has 0 atom stereocenters. The Hall–Kier alpha value is -0.450. The summed E-state index contributed by atoms with van der Waals surface area (Å²) < 4.78 is 0. The second-order valence-corrected chi connectivity index (χ2v) is 5.22. The number of rotatable bonds is 3. The summed E-state index contributed by atoms with van der Waals surface area (Å²) in [5, 5.41) is 1.30. The fourth-order valence-corrected chi connectivity index (χ4v) is 3.07. The minimum atomic E-state index is 0.630. The van der Waals surface area contributed by atoms with E-state index in [2.05, 4.69) is 16.8 Å². The van der Waals surface area contributed by atoms with Crippen molar-refractivity contribution in [2.45, 2.75) is 32.2 Å². The van der Waals surface area contributed by atoms with Crippen LogP contribution in [0, 0.1) is 0 Å². The summed E-state index contributed by atoms with van der Waals surface area (Å²) in [4.78, 5) is 8.20. The molecule has 1 fully saturated rings. The number of thiazole rings is 1. The lowest BCUT2D eigenvalue weighted by Gasteiger charge is -2.29. The fraction of sp³-hybridized carbons (Fsp3) is 0.727. The highest BCUT2D eigenvalue weighted by Crippen LogP contribution is 2.30. The van der Waals surface area contributed by atoms with E-state index in [1.54, 1.807) is 11.3 Å². The average molecular weight is 225 g/mol. The molecule has 0 aliphatic carbocycles. The Balaban J connectivity index is 1.95. The van der Waals surface area contributed by atoms with E-state index in [0.717, 1.165) is 0 Å². The van der Waals surface area contributed by atoms with E-state index in [1.165, 1.54) is 42.4 Å². The lowest BCUT2D eigenvalue weighted by atomic mass is 9.98. The number of aromatic nitrogens is 1. The molecule has 0 aromatic carbocycles. The van der Waals surface area contributed by atoms with Crippen LogP contribution in [0.3, 0.4) is 0 Å². The van der Waals surface area contributed by atoms with Crippen LogP contribution in [0.2, 0.25) is 0 Å². The molecule has 2 rings (SSSR count). The van der Waals surface area contributed by atoms with Crippen LogP contribution in [0.15, 0.2) is 6.20 Å². The lowest BCUT2D eigenvalue weighted by Crippen LogP contribution is -2.32. The Bertz CT molecular complexity index is 303. The van der Waals surface area contributed by atoms with Crippen LogP contribution in [0.1, 0.15) is 35.6 Å². The van der Waals surface area contributed by atoms with Crippen LogP contribution in [-0.2, 0) is 6.54 Å². The average Bonchev–Trinajstić information content (AvgIpc) is 2.78. The maximum Gasteiger partial charge on any atom is 0.0960 e. The molecule has 3 nitrogen and oxygen atoms in total. The lowest BCUT2D eigenvalue weighted by molar-refractivity contribution is 0.222. The molecular formula is C11H19N3S. The number of nitrogens with two attached hydrogens (primary N) is 1. The van der Waals surface area contributed by atoms with Gasteiger partial charge in [0.25, 0.3) is 0 Å². The zero-order valence-electron chi connectivity index (χ0n) is 9.28. The van der Waals surface area contributed by atoms with Gasteiger partial charge in [0.05, 0.1) is 5.01 Å². The number of nitrogens with zero attached hydrogens (tertiary/aromatic N) is 2. The van der Waals surface area contributed by atoms with Crippen LogP contribution >= 0.6 is 11.3 Å². The SMILES string of the molecule is CCN1CCC(c2ncc(CN)s2)CC1. The van der Waals surface area contributed by atoms with E-state index >= 15 is 0 Å². The van der Waals surface area contributed by atoms with Crippen molar-refractivity contribution >= 4 is 11.3 Å². The van der Waals surface area contributed by atoms with E-state index in [0.29, 0.717) is 12.5 Å². The highest BCUT2D eigenvalue weighted by atomic mass is 32.1. The van der Waals surface area contributed by atoms with Crippen molar-refractivity contribution in [2.24, 2.45) is 5.73 Å². The first-order chi connectivity index (χ1) is 7.33. The molecular weight excluding hydrogens is 206 g/mol. The van der Waals surface area contributed by atoms with Gasteiger partial charge in [-0.2, -0.15) is 0 Å². The highest BCUT2D eigenvalue weighted by Gasteiger charge is 2.21. The minimum Gasteiger partial charge on any atom is -0.326 e. The molecule has 0 unspecified atom stereocenters. The summed E-state index contributed by atoms with van der Waals surface area (Å²) in [7, 11) is 0. The number of piperidine rings is 1. The summed E-state index contributed by atoms with van der Waals surface area (Å²) >= 11 is 1.79. The monoisotopic (exact) mass is 225 g/mol. The van der Waals surface area contributed by atoms with E-state index in [4.69, 9.17) is 5.73 Å². The van der Waals surface area contributed by atoms with Crippen molar-refractivity contribution in [3.8, 4) is 0 Å². The van der Waals surface area contributed by atoms with Gasteiger partial charge in [-0.05, 0) is 32.5 Å². The zero-order chi connectivity index (χ0) is 10.7. The normalized spacial score (nSPS) is 19.6. The van der Waals surface area contributed by atoms with Crippen molar-refractivity contribution in [3.63, 3.8) is 0 Å². The van der Waals surface area contributed by atoms with Gasteiger partial charge in [-0.1, -0.05) is 6.92 Å². The van der Waals surface area contributed by atoms with Gasteiger partial charge in [0.15, 0.2) is 0 Å². The first kappa shape index (κ1) is 11.0. The first-order valence-corrected chi connectivity index (χ1v) is 6.52. The van der Waals surface area contributed by atoms with Crippen molar-refractivity contribution in [1.82, 2.24) is 9.88 Å². The summed E-state index contributed by atoms with van der Waals surface area (Å²) in [6.07, 6.45) is 4.45. The summed E-state index contributed by atoms with van der Waals surface area (Å²) in [5.74, 6) is 0.679. The number of hydrogen-bond acceptors (Lipinski definition) is 4. The van der Waals surface area contributed by atoms with Crippen LogP contribution in [0.25, 0.3) is 0 Å². The Labute approximate surface area is 95.3 Å². The molecule has 0 amide bonds. The van der Waals surface area contributed by atoms with Gasteiger partial charge in [0.1, 0.15) is 0 Å².